The Kier molecular flexibility index (Phi) is 4.74. The van der Waals surface area contributed by atoms with Crippen LogP contribution in [0.15, 0.2) is 48.5 Å². The van der Waals surface area contributed by atoms with Crippen molar-refractivity contribution in [3.8, 4) is 0 Å². The lowest BCUT2D eigenvalue weighted by Crippen LogP contribution is -2.33. The molecule has 2 aromatic carbocycles. The second-order valence-corrected chi connectivity index (χ2v) is 6.62. The summed E-state index contributed by atoms with van der Waals surface area (Å²) in [7, 11) is 4.03. The van der Waals surface area contributed by atoms with Crippen LogP contribution in [0, 0.1) is 6.92 Å². The predicted octanol–water partition coefficient (Wildman–Crippen LogP) is 4.08. The van der Waals surface area contributed by atoms with E-state index in [2.05, 4.69) is 40.5 Å². The van der Waals surface area contributed by atoms with Crippen LogP contribution in [0.25, 0.3) is 0 Å². The number of urea groups is 1. The van der Waals surface area contributed by atoms with Gasteiger partial charge in [-0.15, -0.1) is 0 Å². The van der Waals surface area contributed by atoms with Gasteiger partial charge in [-0.2, -0.15) is 0 Å². The summed E-state index contributed by atoms with van der Waals surface area (Å²) in [5.41, 5.74) is 4.42. The lowest BCUT2D eigenvalue weighted by Gasteiger charge is -2.21. The number of hydrogen-bond donors (Lipinski definition) is 1. The molecule has 3 rings (SSSR count). The topological polar surface area (TPSA) is 35.6 Å². The standard InChI is InChI=1S/C20H25N3O/c1-15-18(10-7-11-19(15)22(2)3)21-20(24)23-13-12-17(14-23)16-8-5-4-6-9-16/h4-11,17H,12-14H2,1-3H3,(H,21,24)/t17-/m0/s1. The maximum Gasteiger partial charge on any atom is 0.321 e. The van der Waals surface area contributed by atoms with Crippen molar-refractivity contribution in [2.24, 2.45) is 0 Å². The van der Waals surface area contributed by atoms with Crippen LogP contribution in [0.5, 0.6) is 0 Å². The molecule has 0 unspecified atom stereocenters. The highest BCUT2D eigenvalue weighted by Gasteiger charge is 2.27. The number of carbonyl (C=O) groups is 1. The maximum atomic E-state index is 12.6. The van der Waals surface area contributed by atoms with Crippen molar-refractivity contribution in [2.75, 3.05) is 37.4 Å². The zero-order valence-electron chi connectivity index (χ0n) is 14.6. The molecule has 1 heterocycles. The van der Waals surface area contributed by atoms with Crippen LogP contribution in [-0.4, -0.2) is 38.1 Å². The molecular formula is C20H25N3O. The van der Waals surface area contributed by atoms with Gasteiger partial charge < -0.3 is 15.1 Å². The van der Waals surface area contributed by atoms with Gasteiger partial charge in [-0.25, -0.2) is 4.79 Å². The molecular weight excluding hydrogens is 298 g/mol. The van der Waals surface area contributed by atoms with Gasteiger partial charge in [0.15, 0.2) is 0 Å². The fraction of sp³-hybridized carbons (Fsp3) is 0.350. The molecule has 2 aromatic rings. The first-order chi connectivity index (χ1) is 11.6. The van der Waals surface area contributed by atoms with Gasteiger partial charge in [0.1, 0.15) is 0 Å². The molecule has 4 nitrogen and oxygen atoms in total. The first kappa shape index (κ1) is 16.4. The Labute approximate surface area is 144 Å². The molecule has 0 aliphatic carbocycles. The summed E-state index contributed by atoms with van der Waals surface area (Å²) < 4.78 is 0. The lowest BCUT2D eigenvalue weighted by atomic mass is 9.99. The summed E-state index contributed by atoms with van der Waals surface area (Å²) in [6.45, 7) is 3.63. The average Bonchev–Trinajstić information content (AvgIpc) is 3.07. The third-order valence-electron chi connectivity index (χ3n) is 4.78. The minimum absolute atomic E-state index is 0.00700. The Morgan fingerprint density at radius 1 is 1.12 bits per heavy atom. The number of benzene rings is 2. The number of carbonyl (C=O) groups excluding carboxylic acids is 1. The second kappa shape index (κ2) is 6.95. The Bertz CT molecular complexity index is 712. The highest BCUT2D eigenvalue weighted by atomic mass is 16.2. The molecule has 0 radical (unpaired) electrons. The van der Waals surface area contributed by atoms with Gasteiger partial charge >= 0.3 is 6.03 Å². The minimum Gasteiger partial charge on any atom is -0.377 e. The molecule has 1 aliphatic rings. The monoisotopic (exact) mass is 323 g/mol. The van der Waals surface area contributed by atoms with Crippen LogP contribution in [0.3, 0.4) is 0 Å². The van der Waals surface area contributed by atoms with Crippen LogP contribution in [-0.2, 0) is 0 Å². The number of rotatable bonds is 3. The van der Waals surface area contributed by atoms with E-state index in [0.717, 1.165) is 36.4 Å². The third kappa shape index (κ3) is 3.37. The fourth-order valence-corrected chi connectivity index (χ4v) is 3.38. The predicted molar refractivity (Wildman–Crippen MR) is 99.9 cm³/mol. The molecule has 126 valence electrons. The Morgan fingerprint density at radius 2 is 1.88 bits per heavy atom. The quantitative estimate of drug-likeness (QED) is 0.924. The van der Waals surface area contributed by atoms with Gasteiger partial charge in [0.25, 0.3) is 0 Å². The summed E-state index contributed by atoms with van der Waals surface area (Å²) >= 11 is 0. The molecule has 1 fully saturated rings. The Hall–Kier alpha value is -2.49. The molecule has 2 amide bonds. The molecule has 0 aromatic heterocycles. The Morgan fingerprint density at radius 3 is 2.58 bits per heavy atom. The van der Waals surface area contributed by atoms with Crippen molar-refractivity contribution in [1.82, 2.24) is 4.90 Å². The van der Waals surface area contributed by atoms with Gasteiger partial charge in [0.05, 0.1) is 0 Å². The van der Waals surface area contributed by atoms with Crippen LogP contribution < -0.4 is 10.2 Å². The first-order valence-corrected chi connectivity index (χ1v) is 8.44. The maximum absolute atomic E-state index is 12.6. The van der Waals surface area contributed by atoms with Gasteiger partial charge in [-0.05, 0) is 36.6 Å². The smallest absolute Gasteiger partial charge is 0.321 e. The van der Waals surface area contributed by atoms with Gasteiger partial charge in [-0.1, -0.05) is 36.4 Å². The minimum atomic E-state index is -0.00700. The summed E-state index contributed by atoms with van der Waals surface area (Å²) in [5, 5.41) is 3.08. The molecule has 0 saturated carbocycles. The highest BCUT2D eigenvalue weighted by molar-refractivity contribution is 5.91. The largest absolute Gasteiger partial charge is 0.377 e. The summed E-state index contributed by atoms with van der Waals surface area (Å²) in [5.74, 6) is 0.436. The van der Waals surface area contributed by atoms with Gasteiger partial charge in [0.2, 0.25) is 0 Å². The van der Waals surface area contributed by atoms with E-state index >= 15 is 0 Å². The third-order valence-corrected chi connectivity index (χ3v) is 4.78. The summed E-state index contributed by atoms with van der Waals surface area (Å²) in [6, 6.07) is 16.5. The molecule has 24 heavy (non-hydrogen) atoms. The number of hydrogen-bond acceptors (Lipinski definition) is 2. The van der Waals surface area contributed by atoms with E-state index in [9.17, 15) is 4.79 Å². The average molecular weight is 323 g/mol. The molecule has 1 aliphatic heterocycles. The fourth-order valence-electron chi connectivity index (χ4n) is 3.38. The zero-order valence-corrected chi connectivity index (χ0v) is 14.6. The van der Waals surface area contributed by atoms with Crippen LogP contribution in [0.2, 0.25) is 0 Å². The second-order valence-electron chi connectivity index (χ2n) is 6.62. The van der Waals surface area contributed by atoms with Gasteiger partial charge in [0, 0.05) is 44.5 Å². The van der Waals surface area contributed by atoms with Crippen molar-refractivity contribution in [3.05, 3.63) is 59.7 Å². The van der Waals surface area contributed by atoms with Crippen LogP contribution in [0.1, 0.15) is 23.5 Å². The van der Waals surface area contributed by atoms with Crippen molar-refractivity contribution in [1.29, 1.82) is 0 Å². The van der Waals surface area contributed by atoms with Gasteiger partial charge in [-0.3, -0.25) is 0 Å². The van der Waals surface area contributed by atoms with E-state index in [1.165, 1.54) is 5.56 Å². The molecule has 1 N–H and O–H groups in total. The van der Waals surface area contributed by atoms with E-state index in [0.29, 0.717) is 5.92 Å². The molecule has 4 heteroatoms. The molecule has 0 spiro atoms. The van der Waals surface area contributed by atoms with E-state index in [4.69, 9.17) is 0 Å². The number of likely N-dealkylation sites (tertiary alicyclic amines) is 1. The summed E-state index contributed by atoms with van der Waals surface area (Å²) in [4.78, 5) is 16.6. The van der Waals surface area contributed by atoms with Crippen molar-refractivity contribution < 1.29 is 4.79 Å². The van der Waals surface area contributed by atoms with Crippen LogP contribution >= 0.6 is 0 Å². The SMILES string of the molecule is Cc1c(NC(=O)N2CC[C@H](c3ccccc3)C2)cccc1N(C)C. The number of anilines is 2. The number of nitrogens with one attached hydrogen (secondary N) is 1. The first-order valence-electron chi connectivity index (χ1n) is 8.44. The molecule has 0 bridgehead atoms. The number of nitrogens with zero attached hydrogens (tertiary/aromatic N) is 2. The van der Waals surface area contributed by atoms with E-state index < -0.39 is 0 Å². The zero-order chi connectivity index (χ0) is 17.1. The molecule has 1 saturated heterocycles. The lowest BCUT2D eigenvalue weighted by molar-refractivity contribution is 0.222. The molecule has 1 atom stereocenters. The van der Waals surface area contributed by atoms with Crippen molar-refractivity contribution in [2.45, 2.75) is 19.3 Å². The highest BCUT2D eigenvalue weighted by Crippen LogP contribution is 2.29. The van der Waals surface area contributed by atoms with E-state index in [1.54, 1.807) is 0 Å². The Balaban J connectivity index is 1.67. The normalized spacial score (nSPS) is 17.0. The summed E-state index contributed by atoms with van der Waals surface area (Å²) in [6.07, 6.45) is 1.02. The van der Waals surface area contributed by atoms with E-state index in [1.807, 2.05) is 44.1 Å². The van der Waals surface area contributed by atoms with E-state index in [-0.39, 0.29) is 6.03 Å². The number of amides is 2. The van der Waals surface area contributed by atoms with Crippen molar-refractivity contribution >= 4 is 17.4 Å². The van der Waals surface area contributed by atoms with Crippen molar-refractivity contribution in [3.63, 3.8) is 0 Å². The van der Waals surface area contributed by atoms with Crippen LogP contribution in [0.4, 0.5) is 16.2 Å².